The number of fused-ring (bicyclic) bond motifs is 1. The van der Waals surface area contributed by atoms with Gasteiger partial charge in [-0.1, -0.05) is 36.5 Å². The molecule has 0 saturated carbocycles. The topological polar surface area (TPSA) is 31.4 Å². The molecule has 0 amide bonds. The van der Waals surface area contributed by atoms with Crippen LogP contribution >= 0.6 is 23.2 Å². The number of hydrogen-bond acceptors (Lipinski definition) is 3. The van der Waals surface area contributed by atoms with Gasteiger partial charge in [0, 0.05) is 17.1 Å². The van der Waals surface area contributed by atoms with E-state index in [0.29, 0.717) is 32.4 Å². The Balaban J connectivity index is 2.80. The van der Waals surface area contributed by atoms with Gasteiger partial charge in [-0.3, -0.25) is 0 Å². The number of rotatable bonds is 4. The van der Waals surface area contributed by atoms with Gasteiger partial charge in [0.05, 0.1) is 24.3 Å². The molecule has 102 valence electrons. The largest absolute Gasteiger partial charge is 0.495 e. The molecule has 0 aliphatic heterocycles. The third-order valence-electron chi connectivity index (χ3n) is 2.90. The molecule has 1 heterocycles. The van der Waals surface area contributed by atoms with E-state index in [0.717, 1.165) is 18.5 Å². The highest BCUT2D eigenvalue weighted by Gasteiger charge is 2.16. The summed E-state index contributed by atoms with van der Waals surface area (Å²) in [5.41, 5.74) is 1.60. The van der Waals surface area contributed by atoms with E-state index >= 15 is 0 Å². The predicted molar refractivity (Wildman–Crippen MR) is 78.9 cm³/mol. The monoisotopic (exact) mass is 299 g/mol. The number of hydrogen-bond donors (Lipinski definition) is 0. The van der Waals surface area contributed by atoms with Crippen LogP contribution in [0.25, 0.3) is 10.9 Å². The molecule has 0 N–H and O–H groups in total. The van der Waals surface area contributed by atoms with Gasteiger partial charge in [0.1, 0.15) is 17.0 Å². The molecular formula is C14H15Cl2NO2. The maximum Gasteiger partial charge on any atom is 0.148 e. The Hall–Kier alpha value is -1.19. The van der Waals surface area contributed by atoms with Crippen LogP contribution in [0.3, 0.4) is 0 Å². The summed E-state index contributed by atoms with van der Waals surface area (Å²) in [7, 11) is 3.14. The Bertz CT molecular complexity index is 614. The molecule has 0 aliphatic rings. The van der Waals surface area contributed by atoms with E-state index in [4.69, 9.17) is 32.7 Å². The van der Waals surface area contributed by atoms with Crippen molar-refractivity contribution in [1.82, 2.24) is 4.98 Å². The lowest BCUT2D eigenvalue weighted by molar-refractivity contribution is 0.397. The van der Waals surface area contributed by atoms with Crippen LogP contribution in [0.1, 0.15) is 19.0 Å². The summed E-state index contributed by atoms with van der Waals surface area (Å²) in [6, 6.07) is 3.57. The Morgan fingerprint density at radius 2 is 1.79 bits per heavy atom. The van der Waals surface area contributed by atoms with Gasteiger partial charge in [-0.15, -0.1) is 0 Å². The molecule has 5 heteroatoms. The zero-order valence-corrected chi connectivity index (χ0v) is 12.6. The van der Waals surface area contributed by atoms with Gasteiger partial charge in [0.2, 0.25) is 0 Å². The third kappa shape index (κ3) is 2.58. The van der Waals surface area contributed by atoms with Crippen molar-refractivity contribution in [3.05, 3.63) is 27.9 Å². The molecule has 19 heavy (non-hydrogen) atoms. The number of aryl methyl sites for hydroxylation is 1. The Morgan fingerprint density at radius 3 is 2.37 bits per heavy atom. The molecule has 1 aromatic carbocycles. The maximum atomic E-state index is 6.33. The summed E-state index contributed by atoms with van der Waals surface area (Å²) in [5.74, 6) is 1.13. The highest BCUT2D eigenvalue weighted by molar-refractivity contribution is 6.43. The summed E-state index contributed by atoms with van der Waals surface area (Å²) >= 11 is 12.6. The summed E-state index contributed by atoms with van der Waals surface area (Å²) in [6.45, 7) is 2.10. The number of methoxy groups -OCH3 is 2. The molecule has 0 aliphatic carbocycles. The lowest BCUT2D eigenvalue weighted by atomic mass is 10.1. The van der Waals surface area contributed by atoms with E-state index in [1.165, 1.54) is 0 Å². The number of pyridine rings is 1. The molecule has 0 bridgehead atoms. The Kier molecular flexibility index (Phi) is 4.38. The number of ether oxygens (including phenoxy) is 2. The van der Waals surface area contributed by atoms with E-state index in [9.17, 15) is 0 Å². The normalized spacial score (nSPS) is 10.8. The van der Waals surface area contributed by atoms with Gasteiger partial charge in [0.15, 0.2) is 0 Å². The number of halogens is 2. The van der Waals surface area contributed by atoms with Crippen LogP contribution in [0, 0.1) is 0 Å². The molecule has 0 saturated heterocycles. The highest BCUT2D eigenvalue weighted by atomic mass is 35.5. The predicted octanol–water partition coefficient (Wildman–Crippen LogP) is 4.51. The van der Waals surface area contributed by atoms with Gasteiger partial charge in [-0.2, -0.15) is 0 Å². The van der Waals surface area contributed by atoms with Crippen LogP contribution < -0.4 is 9.47 Å². The van der Waals surface area contributed by atoms with Crippen LogP contribution in [0.2, 0.25) is 10.0 Å². The fourth-order valence-electron chi connectivity index (χ4n) is 2.01. The second kappa shape index (κ2) is 5.85. The minimum Gasteiger partial charge on any atom is -0.495 e. The van der Waals surface area contributed by atoms with E-state index in [1.54, 1.807) is 20.3 Å². The van der Waals surface area contributed by atoms with Crippen LogP contribution in [-0.4, -0.2) is 19.2 Å². The first-order valence-corrected chi connectivity index (χ1v) is 6.77. The minimum absolute atomic E-state index is 0.457. The van der Waals surface area contributed by atoms with Crippen molar-refractivity contribution in [3.8, 4) is 11.5 Å². The summed E-state index contributed by atoms with van der Waals surface area (Å²) < 4.78 is 10.6. The van der Waals surface area contributed by atoms with Crippen molar-refractivity contribution in [2.45, 2.75) is 19.8 Å². The van der Waals surface area contributed by atoms with Crippen molar-refractivity contribution in [2.75, 3.05) is 14.2 Å². The second-order valence-corrected chi connectivity index (χ2v) is 4.95. The van der Waals surface area contributed by atoms with Crippen molar-refractivity contribution >= 4 is 34.1 Å². The van der Waals surface area contributed by atoms with E-state index in [2.05, 4.69) is 11.9 Å². The standard InChI is InChI=1S/C14H15Cl2NO2/c1-4-5-8-6-9(15)12-13(16)10(18-2)7-11(19-3)14(12)17-8/h6-7H,4-5H2,1-3H3. The highest BCUT2D eigenvalue weighted by Crippen LogP contribution is 2.41. The fraction of sp³-hybridized carbons (Fsp3) is 0.357. The van der Waals surface area contributed by atoms with Crippen LogP contribution in [0.15, 0.2) is 12.1 Å². The average molecular weight is 300 g/mol. The average Bonchev–Trinajstić information content (AvgIpc) is 2.39. The molecule has 1 aromatic heterocycles. The molecule has 0 atom stereocenters. The SMILES string of the molecule is CCCc1cc(Cl)c2c(Cl)c(OC)cc(OC)c2n1. The summed E-state index contributed by atoms with van der Waals surface area (Å²) in [5, 5.41) is 1.69. The first-order valence-electron chi connectivity index (χ1n) is 6.02. The van der Waals surface area contributed by atoms with Gasteiger partial charge >= 0.3 is 0 Å². The lowest BCUT2D eigenvalue weighted by Crippen LogP contribution is -1.96. The van der Waals surface area contributed by atoms with Crippen molar-refractivity contribution < 1.29 is 9.47 Å². The van der Waals surface area contributed by atoms with Crippen LogP contribution in [0.5, 0.6) is 11.5 Å². The van der Waals surface area contributed by atoms with Gasteiger partial charge in [0.25, 0.3) is 0 Å². The maximum absolute atomic E-state index is 6.33. The smallest absolute Gasteiger partial charge is 0.148 e. The van der Waals surface area contributed by atoms with Crippen molar-refractivity contribution in [2.24, 2.45) is 0 Å². The fourth-order valence-corrected chi connectivity index (χ4v) is 2.69. The lowest BCUT2D eigenvalue weighted by Gasteiger charge is -2.13. The summed E-state index contributed by atoms with van der Waals surface area (Å²) in [6.07, 6.45) is 1.86. The van der Waals surface area contributed by atoms with E-state index < -0.39 is 0 Å². The molecule has 0 spiro atoms. The number of nitrogens with zero attached hydrogens (tertiary/aromatic N) is 1. The van der Waals surface area contributed by atoms with Gasteiger partial charge in [-0.25, -0.2) is 4.98 Å². The molecule has 0 radical (unpaired) electrons. The van der Waals surface area contributed by atoms with E-state index in [1.807, 2.05) is 6.07 Å². The number of benzene rings is 1. The molecular weight excluding hydrogens is 285 g/mol. The molecule has 0 unspecified atom stereocenters. The molecule has 3 nitrogen and oxygen atoms in total. The number of aromatic nitrogens is 1. The Morgan fingerprint density at radius 1 is 1.11 bits per heavy atom. The van der Waals surface area contributed by atoms with Gasteiger partial charge in [-0.05, 0) is 12.5 Å². The van der Waals surface area contributed by atoms with Crippen molar-refractivity contribution in [3.63, 3.8) is 0 Å². The second-order valence-electron chi connectivity index (χ2n) is 4.16. The zero-order valence-electron chi connectivity index (χ0n) is 11.1. The quantitative estimate of drug-likeness (QED) is 0.832. The molecule has 2 aromatic rings. The van der Waals surface area contributed by atoms with Crippen LogP contribution in [0.4, 0.5) is 0 Å². The molecule has 0 fully saturated rings. The van der Waals surface area contributed by atoms with Gasteiger partial charge < -0.3 is 9.47 Å². The minimum atomic E-state index is 0.457. The first kappa shape index (κ1) is 14.2. The molecule has 2 rings (SSSR count). The zero-order chi connectivity index (χ0) is 14.0. The first-order chi connectivity index (χ1) is 9.12. The Labute approximate surface area is 122 Å². The van der Waals surface area contributed by atoms with E-state index in [-0.39, 0.29) is 0 Å². The third-order valence-corrected chi connectivity index (χ3v) is 3.58. The summed E-state index contributed by atoms with van der Waals surface area (Å²) in [4.78, 5) is 4.58. The van der Waals surface area contributed by atoms with Crippen molar-refractivity contribution in [1.29, 1.82) is 0 Å². The van der Waals surface area contributed by atoms with Crippen LogP contribution in [-0.2, 0) is 6.42 Å².